The lowest BCUT2D eigenvalue weighted by molar-refractivity contribution is 0.569. The molecular formula is C16H28IN3. The summed E-state index contributed by atoms with van der Waals surface area (Å²) in [4.78, 5) is 9.51. The monoisotopic (exact) mass is 389 g/mol. The molecule has 0 spiro atoms. The van der Waals surface area contributed by atoms with Gasteiger partial charge in [0, 0.05) is 13.0 Å². The Kier molecular flexibility index (Phi) is 7.77. The van der Waals surface area contributed by atoms with Crippen LogP contribution in [0.2, 0.25) is 0 Å². The van der Waals surface area contributed by atoms with Crippen molar-refractivity contribution < 1.29 is 0 Å². The molecule has 20 heavy (non-hydrogen) atoms. The van der Waals surface area contributed by atoms with Crippen molar-refractivity contribution in [2.45, 2.75) is 60.3 Å². The molecule has 0 bridgehead atoms. The summed E-state index contributed by atoms with van der Waals surface area (Å²) in [6, 6.07) is 0. The second-order valence-corrected chi connectivity index (χ2v) is 7.29. The Balaban J connectivity index is 2.98. The van der Waals surface area contributed by atoms with Gasteiger partial charge < -0.3 is 5.32 Å². The van der Waals surface area contributed by atoms with Crippen LogP contribution in [0.3, 0.4) is 0 Å². The Bertz CT molecular complexity index is 416. The van der Waals surface area contributed by atoms with E-state index < -0.39 is 0 Å². The van der Waals surface area contributed by atoms with Crippen molar-refractivity contribution >= 4 is 28.4 Å². The van der Waals surface area contributed by atoms with E-state index in [1.165, 1.54) is 9.26 Å². The number of hydrogen-bond donors (Lipinski definition) is 1. The Labute approximate surface area is 137 Å². The van der Waals surface area contributed by atoms with Gasteiger partial charge in [-0.05, 0) is 53.7 Å². The number of hydrogen-bond acceptors (Lipinski definition) is 3. The molecule has 1 aromatic heterocycles. The van der Waals surface area contributed by atoms with Crippen LogP contribution < -0.4 is 5.32 Å². The van der Waals surface area contributed by atoms with Gasteiger partial charge in [0.05, 0.1) is 9.26 Å². The Morgan fingerprint density at radius 3 is 2.35 bits per heavy atom. The highest BCUT2D eigenvalue weighted by Gasteiger charge is 2.13. The molecule has 0 saturated carbocycles. The fraction of sp³-hybridized carbons (Fsp3) is 0.750. The molecule has 0 fully saturated rings. The van der Waals surface area contributed by atoms with Crippen molar-refractivity contribution in [3.05, 3.63) is 15.1 Å². The number of halogens is 1. The average Bonchev–Trinajstić information content (AvgIpc) is 2.37. The summed E-state index contributed by atoms with van der Waals surface area (Å²) in [7, 11) is 0. The van der Waals surface area contributed by atoms with Crippen molar-refractivity contribution in [3.63, 3.8) is 0 Å². The molecule has 0 unspecified atom stereocenters. The first-order valence-corrected chi connectivity index (χ1v) is 8.81. The minimum Gasteiger partial charge on any atom is -0.369 e. The van der Waals surface area contributed by atoms with Gasteiger partial charge in [0.15, 0.2) is 0 Å². The number of nitrogens with zero attached hydrogens (tertiary/aromatic N) is 2. The summed E-state index contributed by atoms with van der Waals surface area (Å²) >= 11 is 2.38. The third kappa shape index (κ3) is 5.94. The van der Waals surface area contributed by atoms with E-state index in [4.69, 9.17) is 9.97 Å². The van der Waals surface area contributed by atoms with Gasteiger partial charge in [0.2, 0.25) is 0 Å². The first-order chi connectivity index (χ1) is 9.43. The molecule has 4 heteroatoms. The molecule has 0 aliphatic heterocycles. The molecule has 3 nitrogen and oxygen atoms in total. The summed E-state index contributed by atoms with van der Waals surface area (Å²) in [5.41, 5.74) is 1.20. The minimum absolute atomic E-state index is 0.621. The summed E-state index contributed by atoms with van der Waals surface area (Å²) in [5.74, 6) is 3.33. The molecule has 0 radical (unpaired) electrons. The van der Waals surface area contributed by atoms with Gasteiger partial charge in [-0.25, -0.2) is 9.97 Å². The summed E-state index contributed by atoms with van der Waals surface area (Å²) in [6.45, 7) is 12.1. The van der Waals surface area contributed by atoms with Gasteiger partial charge in [-0.15, -0.1) is 0 Å². The Morgan fingerprint density at radius 2 is 1.80 bits per heavy atom. The zero-order chi connectivity index (χ0) is 15.1. The lowest BCUT2D eigenvalue weighted by Crippen LogP contribution is -2.12. The summed E-state index contributed by atoms with van der Waals surface area (Å²) < 4.78 is 1.19. The fourth-order valence-electron chi connectivity index (χ4n) is 1.96. The molecule has 0 saturated heterocycles. The number of aryl methyl sites for hydroxylation is 1. The van der Waals surface area contributed by atoms with Crippen molar-refractivity contribution in [2.24, 2.45) is 11.8 Å². The second kappa shape index (κ2) is 8.80. The average molecular weight is 389 g/mol. The van der Waals surface area contributed by atoms with Crippen molar-refractivity contribution in [3.8, 4) is 0 Å². The molecule has 0 amide bonds. The van der Waals surface area contributed by atoms with Crippen LogP contribution in [-0.4, -0.2) is 16.5 Å². The van der Waals surface area contributed by atoms with Crippen LogP contribution in [0.25, 0.3) is 0 Å². The highest BCUT2D eigenvalue weighted by atomic mass is 127. The Morgan fingerprint density at radius 1 is 1.10 bits per heavy atom. The van der Waals surface area contributed by atoms with Crippen molar-refractivity contribution in [1.29, 1.82) is 0 Å². The molecule has 0 aromatic carbocycles. The number of rotatable bonds is 8. The quantitative estimate of drug-likeness (QED) is 0.656. The number of anilines is 1. The zero-order valence-corrected chi connectivity index (χ0v) is 15.6. The maximum absolute atomic E-state index is 4.79. The lowest BCUT2D eigenvalue weighted by atomic mass is 10.1. The van der Waals surface area contributed by atoms with Gasteiger partial charge >= 0.3 is 0 Å². The minimum atomic E-state index is 0.621. The molecule has 1 N–H and O–H groups in total. The molecular weight excluding hydrogens is 361 g/mol. The largest absolute Gasteiger partial charge is 0.369 e. The van der Waals surface area contributed by atoms with E-state index in [9.17, 15) is 0 Å². The van der Waals surface area contributed by atoms with Crippen LogP contribution >= 0.6 is 22.6 Å². The lowest BCUT2D eigenvalue weighted by Gasteiger charge is -2.14. The summed E-state index contributed by atoms with van der Waals surface area (Å²) in [5, 5.41) is 3.45. The van der Waals surface area contributed by atoms with E-state index >= 15 is 0 Å². The predicted octanol–water partition coefficient (Wildman–Crippen LogP) is 4.69. The van der Waals surface area contributed by atoms with Crippen LogP contribution in [0.4, 0.5) is 5.82 Å². The predicted molar refractivity (Wildman–Crippen MR) is 95.2 cm³/mol. The molecule has 1 heterocycles. The number of nitrogens with one attached hydrogen (secondary N) is 1. The third-order valence-corrected chi connectivity index (χ3v) is 4.19. The Hall–Kier alpha value is -0.390. The SMILES string of the molecule is CCCNc1nc(CCC(C)C)nc(CC(C)C)c1I. The normalized spacial score (nSPS) is 11.4. The van der Waals surface area contributed by atoms with Gasteiger partial charge in [0.25, 0.3) is 0 Å². The highest BCUT2D eigenvalue weighted by Crippen LogP contribution is 2.22. The molecule has 1 aromatic rings. The summed E-state index contributed by atoms with van der Waals surface area (Å²) in [6.07, 6.45) is 4.26. The van der Waals surface area contributed by atoms with Gasteiger partial charge in [-0.2, -0.15) is 0 Å². The molecule has 114 valence electrons. The van der Waals surface area contributed by atoms with E-state index in [2.05, 4.69) is 62.5 Å². The molecule has 0 aliphatic carbocycles. The molecule has 1 rings (SSSR count). The standard InChI is InChI=1S/C16H28IN3/c1-6-9-18-16-15(17)13(10-12(4)5)19-14(20-16)8-7-11(2)3/h11-12H,6-10H2,1-5H3,(H,18,19,20). The first-order valence-electron chi connectivity index (χ1n) is 7.73. The van der Waals surface area contributed by atoms with Gasteiger partial charge in [0.1, 0.15) is 11.6 Å². The number of aromatic nitrogens is 2. The van der Waals surface area contributed by atoms with Crippen LogP contribution in [0.15, 0.2) is 0 Å². The third-order valence-electron chi connectivity index (χ3n) is 3.06. The molecule has 0 aliphatic rings. The van der Waals surface area contributed by atoms with E-state index in [1.54, 1.807) is 0 Å². The van der Waals surface area contributed by atoms with Crippen LogP contribution in [-0.2, 0) is 12.8 Å². The highest BCUT2D eigenvalue weighted by molar-refractivity contribution is 14.1. The van der Waals surface area contributed by atoms with E-state index in [-0.39, 0.29) is 0 Å². The van der Waals surface area contributed by atoms with Crippen LogP contribution in [0, 0.1) is 15.4 Å². The van der Waals surface area contributed by atoms with E-state index in [0.717, 1.165) is 43.9 Å². The smallest absolute Gasteiger partial charge is 0.143 e. The van der Waals surface area contributed by atoms with Crippen LogP contribution in [0.5, 0.6) is 0 Å². The maximum Gasteiger partial charge on any atom is 0.143 e. The fourth-order valence-corrected chi connectivity index (χ4v) is 2.61. The van der Waals surface area contributed by atoms with Crippen LogP contribution in [0.1, 0.15) is 59.0 Å². The zero-order valence-electron chi connectivity index (χ0n) is 13.5. The molecule has 0 atom stereocenters. The van der Waals surface area contributed by atoms with E-state index in [0.29, 0.717) is 11.8 Å². The van der Waals surface area contributed by atoms with Crippen molar-refractivity contribution in [2.75, 3.05) is 11.9 Å². The second-order valence-electron chi connectivity index (χ2n) is 6.21. The van der Waals surface area contributed by atoms with E-state index in [1.807, 2.05) is 0 Å². The first kappa shape index (κ1) is 17.7. The van der Waals surface area contributed by atoms with Gasteiger partial charge in [-0.1, -0.05) is 34.6 Å². The van der Waals surface area contributed by atoms with Gasteiger partial charge in [-0.3, -0.25) is 0 Å². The van der Waals surface area contributed by atoms with Crippen molar-refractivity contribution in [1.82, 2.24) is 9.97 Å². The topological polar surface area (TPSA) is 37.8 Å². The maximum atomic E-state index is 4.79.